The van der Waals surface area contributed by atoms with E-state index in [4.69, 9.17) is 10.2 Å². The molecule has 0 aromatic carbocycles. The van der Waals surface area contributed by atoms with E-state index in [1.54, 1.807) is 0 Å². The second-order valence-corrected chi connectivity index (χ2v) is 4.20. The highest BCUT2D eigenvalue weighted by atomic mass is 16.4. The minimum absolute atomic E-state index is 0.263. The number of nitrogens with one attached hydrogen (secondary N) is 1. The van der Waals surface area contributed by atoms with Crippen molar-refractivity contribution in [3.8, 4) is 0 Å². The third-order valence-electron chi connectivity index (χ3n) is 2.79. The summed E-state index contributed by atoms with van der Waals surface area (Å²) in [7, 11) is 0. The predicted molar refractivity (Wildman–Crippen MR) is 64.5 cm³/mol. The Balaban J connectivity index is 3.22. The minimum Gasteiger partial charge on any atom is -0.481 e. The van der Waals surface area contributed by atoms with Crippen LogP contribution in [-0.2, 0) is 4.79 Å². The van der Waals surface area contributed by atoms with Gasteiger partial charge in [0, 0.05) is 13.0 Å². The molecule has 0 fully saturated rings. The molecule has 0 rings (SSSR count). The first-order valence-corrected chi connectivity index (χ1v) is 6.24. The number of aliphatic carboxylic acids is 1. The number of aliphatic hydroxyl groups is 1. The normalized spacial score (nSPS) is 12.6. The molecule has 1 unspecified atom stereocenters. The first-order chi connectivity index (χ1) is 7.70. The molecule has 0 aromatic heterocycles. The van der Waals surface area contributed by atoms with Crippen LogP contribution in [-0.4, -0.2) is 35.9 Å². The van der Waals surface area contributed by atoms with Gasteiger partial charge in [0.2, 0.25) is 0 Å². The highest BCUT2D eigenvalue weighted by Gasteiger charge is 2.04. The SMILES string of the molecule is CCC(CCO)CNCCCCCC(=O)O. The van der Waals surface area contributed by atoms with Crippen molar-refractivity contribution in [3.05, 3.63) is 0 Å². The molecule has 0 aliphatic carbocycles. The van der Waals surface area contributed by atoms with Crippen LogP contribution in [0.25, 0.3) is 0 Å². The number of carbonyl (C=O) groups is 1. The molecule has 4 nitrogen and oxygen atoms in total. The molecule has 4 heteroatoms. The second-order valence-electron chi connectivity index (χ2n) is 4.20. The fraction of sp³-hybridized carbons (Fsp3) is 0.917. The Labute approximate surface area is 98.1 Å². The van der Waals surface area contributed by atoms with E-state index < -0.39 is 5.97 Å². The van der Waals surface area contributed by atoms with Crippen molar-refractivity contribution >= 4 is 5.97 Å². The van der Waals surface area contributed by atoms with Crippen LogP contribution in [0.1, 0.15) is 45.4 Å². The van der Waals surface area contributed by atoms with Gasteiger partial charge in [-0.15, -0.1) is 0 Å². The van der Waals surface area contributed by atoms with Gasteiger partial charge < -0.3 is 15.5 Å². The quantitative estimate of drug-likeness (QED) is 0.473. The van der Waals surface area contributed by atoms with Crippen molar-refractivity contribution in [2.75, 3.05) is 19.7 Å². The Kier molecular flexibility index (Phi) is 10.5. The van der Waals surface area contributed by atoms with E-state index in [0.717, 1.165) is 45.2 Å². The molecule has 0 aromatic rings. The number of unbranched alkanes of at least 4 members (excludes halogenated alkanes) is 2. The largest absolute Gasteiger partial charge is 0.481 e. The van der Waals surface area contributed by atoms with E-state index >= 15 is 0 Å². The number of carboxylic acid groups (broad SMARTS) is 1. The van der Waals surface area contributed by atoms with Gasteiger partial charge in [0.1, 0.15) is 0 Å². The molecular formula is C12H25NO3. The van der Waals surface area contributed by atoms with Gasteiger partial charge in [-0.25, -0.2) is 0 Å². The summed E-state index contributed by atoms with van der Waals surface area (Å²) in [6.45, 7) is 4.30. The van der Waals surface area contributed by atoms with Gasteiger partial charge in [-0.1, -0.05) is 19.8 Å². The maximum absolute atomic E-state index is 10.2. The Morgan fingerprint density at radius 2 is 2.06 bits per heavy atom. The molecule has 0 aliphatic rings. The third kappa shape index (κ3) is 9.93. The highest BCUT2D eigenvalue weighted by molar-refractivity contribution is 5.66. The van der Waals surface area contributed by atoms with Crippen molar-refractivity contribution in [2.24, 2.45) is 5.92 Å². The fourth-order valence-corrected chi connectivity index (χ4v) is 1.64. The van der Waals surface area contributed by atoms with Gasteiger partial charge in [-0.05, 0) is 38.3 Å². The number of hydrogen-bond acceptors (Lipinski definition) is 3. The molecule has 0 radical (unpaired) electrons. The fourth-order valence-electron chi connectivity index (χ4n) is 1.64. The van der Waals surface area contributed by atoms with Gasteiger partial charge in [0.15, 0.2) is 0 Å². The Morgan fingerprint density at radius 1 is 1.31 bits per heavy atom. The zero-order valence-corrected chi connectivity index (χ0v) is 10.2. The molecule has 16 heavy (non-hydrogen) atoms. The van der Waals surface area contributed by atoms with Crippen LogP contribution < -0.4 is 5.32 Å². The smallest absolute Gasteiger partial charge is 0.303 e. The van der Waals surface area contributed by atoms with Crippen molar-refractivity contribution in [3.63, 3.8) is 0 Å². The van der Waals surface area contributed by atoms with E-state index in [-0.39, 0.29) is 13.0 Å². The molecule has 96 valence electrons. The van der Waals surface area contributed by atoms with Crippen molar-refractivity contribution < 1.29 is 15.0 Å². The molecular weight excluding hydrogens is 206 g/mol. The van der Waals surface area contributed by atoms with Gasteiger partial charge in [0.05, 0.1) is 0 Å². The first kappa shape index (κ1) is 15.4. The summed E-state index contributed by atoms with van der Waals surface area (Å²) in [6, 6.07) is 0. The molecule has 0 bridgehead atoms. The van der Waals surface area contributed by atoms with Gasteiger partial charge in [0.25, 0.3) is 0 Å². The Bertz CT molecular complexity index is 174. The van der Waals surface area contributed by atoms with Gasteiger partial charge in [-0.3, -0.25) is 4.79 Å². The molecule has 0 aliphatic heterocycles. The number of hydrogen-bond donors (Lipinski definition) is 3. The summed E-state index contributed by atoms with van der Waals surface area (Å²) in [4.78, 5) is 10.2. The van der Waals surface area contributed by atoms with Crippen molar-refractivity contribution in [2.45, 2.75) is 45.4 Å². The van der Waals surface area contributed by atoms with Crippen LogP contribution >= 0.6 is 0 Å². The van der Waals surface area contributed by atoms with Crippen LogP contribution in [0.2, 0.25) is 0 Å². The monoisotopic (exact) mass is 231 g/mol. The van der Waals surface area contributed by atoms with Crippen molar-refractivity contribution in [1.29, 1.82) is 0 Å². The van der Waals surface area contributed by atoms with Crippen LogP contribution in [0.3, 0.4) is 0 Å². The van der Waals surface area contributed by atoms with E-state index in [9.17, 15) is 4.79 Å². The summed E-state index contributed by atoms with van der Waals surface area (Å²) in [6.07, 6.45) is 5.00. The zero-order valence-electron chi connectivity index (χ0n) is 10.2. The molecule has 0 saturated heterocycles. The molecule has 3 N–H and O–H groups in total. The number of aliphatic hydroxyl groups excluding tert-OH is 1. The summed E-state index contributed by atoms with van der Waals surface area (Å²) >= 11 is 0. The maximum Gasteiger partial charge on any atom is 0.303 e. The lowest BCUT2D eigenvalue weighted by molar-refractivity contribution is -0.137. The van der Waals surface area contributed by atoms with Gasteiger partial charge >= 0.3 is 5.97 Å². The van der Waals surface area contributed by atoms with E-state index in [1.165, 1.54) is 0 Å². The number of rotatable bonds is 11. The minimum atomic E-state index is -0.707. The van der Waals surface area contributed by atoms with Crippen LogP contribution in [0.5, 0.6) is 0 Å². The Morgan fingerprint density at radius 3 is 2.62 bits per heavy atom. The van der Waals surface area contributed by atoms with E-state index in [0.29, 0.717) is 5.92 Å². The topological polar surface area (TPSA) is 69.6 Å². The average molecular weight is 231 g/mol. The molecule has 0 amide bonds. The van der Waals surface area contributed by atoms with Gasteiger partial charge in [-0.2, -0.15) is 0 Å². The standard InChI is InChI=1S/C12H25NO3/c1-2-11(7-9-14)10-13-8-5-3-4-6-12(15)16/h11,13-14H,2-10H2,1H3,(H,15,16). The lowest BCUT2D eigenvalue weighted by atomic mass is 10.0. The number of carboxylic acids is 1. The lowest BCUT2D eigenvalue weighted by Crippen LogP contribution is -2.24. The average Bonchev–Trinajstić information content (AvgIpc) is 2.26. The zero-order chi connectivity index (χ0) is 12.2. The molecule has 1 atom stereocenters. The van der Waals surface area contributed by atoms with Crippen LogP contribution in [0.15, 0.2) is 0 Å². The van der Waals surface area contributed by atoms with E-state index in [2.05, 4.69) is 12.2 Å². The first-order valence-electron chi connectivity index (χ1n) is 6.24. The predicted octanol–water partition coefficient (Wildman–Crippen LogP) is 1.63. The lowest BCUT2D eigenvalue weighted by Gasteiger charge is -2.13. The second kappa shape index (κ2) is 10.9. The summed E-state index contributed by atoms with van der Waals surface area (Å²) in [5, 5.41) is 20.6. The van der Waals surface area contributed by atoms with Crippen LogP contribution in [0.4, 0.5) is 0 Å². The third-order valence-corrected chi connectivity index (χ3v) is 2.79. The summed E-state index contributed by atoms with van der Waals surface area (Å²) in [5.41, 5.74) is 0. The summed E-state index contributed by atoms with van der Waals surface area (Å²) in [5.74, 6) is -0.147. The Hall–Kier alpha value is -0.610. The van der Waals surface area contributed by atoms with E-state index in [1.807, 2.05) is 0 Å². The molecule has 0 saturated carbocycles. The molecule has 0 heterocycles. The maximum atomic E-state index is 10.2. The summed E-state index contributed by atoms with van der Waals surface area (Å²) < 4.78 is 0. The van der Waals surface area contributed by atoms with Crippen LogP contribution in [0, 0.1) is 5.92 Å². The molecule has 0 spiro atoms. The highest BCUT2D eigenvalue weighted by Crippen LogP contribution is 2.05. The van der Waals surface area contributed by atoms with Crippen molar-refractivity contribution in [1.82, 2.24) is 5.32 Å².